The highest BCUT2D eigenvalue weighted by Gasteiger charge is 2.44. The summed E-state index contributed by atoms with van der Waals surface area (Å²) < 4.78 is 52.5. The number of ether oxygens (including phenoxy) is 3. The van der Waals surface area contributed by atoms with Gasteiger partial charge >= 0.3 is 6.18 Å². The van der Waals surface area contributed by atoms with Crippen molar-refractivity contribution in [3.63, 3.8) is 0 Å². The Morgan fingerprint density at radius 2 is 1.88 bits per heavy atom. The van der Waals surface area contributed by atoms with Crippen LogP contribution in [0.2, 0.25) is 0 Å². The molecule has 1 saturated heterocycles. The van der Waals surface area contributed by atoms with Crippen LogP contribution in [0.15, 0.2) is 42.6 Å². The molecule has 4 rings (SSSR count). The molecule has 0 spiro atoms. The Kier molecular flexibility index (Phi) is 6.52. The lowest BCUT2D eigenvalue weighted by atomic mass is 9.90. The maximum absolute atomic E-state index is 12.6. The third kappa shape index (κ3) is 6.16. The van der Waals surface area contributed by atoms with E-state index in [-0.39, 0.29) is 34.9 Å². The summed E-state index contributed by atoms with van der Waals surface area (Å²) in [5.74, 6) is 0.815. The van der Waals surface area contributed by atoms with E-state index >= 15 is 0 Å². The van der Waals surface area contributed by atoms with Crippen LogP contribution in [0.1, 0.15) is 43.5 Å². The number of benzene rings is 1. The van der Waals surface area contributed by atoms with Crippen molar-refractivity contribution in [1.82, 2.24) is 10.3 Å². The number of hydrogen-bond acceptors (Lipinski definition) is 5. The molecule has 0 bridgehead atoms. The fraction of sp³-hybridized carbons (Fsp3) is 0.500. The molecule has 1 aromatic heterocycles. The zero-order valence-corrected chi connectivity index (χ0v) is 18.5. The van der Waals surface area contributed by atoms with E-state index < -0.39 is 12.8 Å². The number of carbonyl (C=O) groups is 1. The van der Waals surface area contributed by atoms with Crippen molar-refractivity contribution < 1.29 is 32.2 Å². The molecule has 178 valence electrons. The fourth-order valence-corrected chi connectivity index (χ4v) is 3.75. The first-order valence-corrected chi connectivity index (χ1v) is 10.9. The van der Waals surface area contributed by atoms with Gasteiger partial charge in [0.15, 0.2) is 6.61 Å². The third-order valence-electron chi connectivity index (χ3n) is 5.89. The number of nitrogens with one attached hydrogen (secondary N) is 1. The molecule has 1 amide bonds. The minimum absolute atomic E-state index is 0.0272. The van der Waals surface area contributed by atoms with Gasteiger partial charge in [-0.2, -0.15) is 13.2 Å². The Bertz CT molecular complexity index is 959. The lowest BCUT2D eigenvalue weighted by Gasteiger charge is -2.37. The molecule has 2 fully saturated rings. The van der Waals surface area contributed by atoms with Crippen LogP contribution < -0.4 is 14.8 Å². The van der Waals surface area contributed by atoms with Gasteiger partial charge in [0.25, 0.3) is 0 Å². The normalized spacial score (nSPS) is 22.1. The Labute approximate surface area is 190 Å². The second kappa shape index (κ2) is 9.21. The Morgan fingerprint density at radius 1 is 1.18 bits per heavy atom. The minimum Gasteiger partial charge on any atom is -0.493 e. The van der Waals surface area contributed by atoms with E-state index in [0.29, 0.717) is 25.5 Å². The number of amides is 1. The van der Waals surface area contributed by atoms with E-state index in [1.807, 2.05) is 24.3 Å². The van der Waals surface area contributed by atoms with Crippen LogP contribution in [-0.4, -0.2) is 43.5 Å². The van der Waals surface area contributed by atoms with Crippen LogP contribution in [0, 0.1) is 11.3 Å². The summed E-state index contributed by atoms with van der Waals surface area (Å²) in [6.07, 6.45) is -2.41. The maximum Gasteiger partial charge on any atom is 0.422 e. The predicted octanol–water partition coefficient (Wildman–Crippen LogP) is 4.42. The Balaban J connectivity index is 1.24. The lowest BCUT2D eigenvalue weighted by Crippen LogP contribution is -2.44. The zero-order chi connectivity index (χ0) is 23.6. The smallest absolute Gasteiger partial charge is 0.422 e. The highest BCUT2D eigenvalue weighted by molar-refractivity contribution is 5.83. The molecule has 1 N–H and O–H groups in total. The van der Waals surface area contributed by atoms with Gasteiger partial charge in [-0.25, -0.2) is 0 Å². The van der Waals surface area contributed by atoms with Crippen molar-refractivity contribution >= 4 is 5.91 Å². The first-order chi connectivity index (χ1) is 15.6. The number of pyridine rings is 1. The van der Waals surface area contributed by atoms with Gasteiger partial charge in [0, 0.05) is 11.3 Å². The van der Waals surface area contributed by atoms with Crippen LogP contribution in [0.3, 0.4) is 0 Å². The predicted molar refractivity (Wildman–Crippen MR) is 114 cm³/mol. The lowest BCUT2D eigenvalue weighted by molar-refractivity contribution is -0.153. The van der Waals surface area contributed by atoms with Crippen molar-refractivity contribution in [2.75, 3.05) is 26.4 Å². The van der Waals surface area contributed by atoms with Gasteiger partial charge in [-0.15, -0.1) is 0 Å². The molecule has 6 nitrogen and oxygen atoms in total. The first-order valence-electron chi connectivity index (χ1n) is 10.9. The second-order valence-corrected chi connectivity index (χ2v) is 9.16. The standard InChI is InChI=1S/C24H27F3N2O4/c1-15(21-8-7-18(10-28-21)33-14-24(25,26)27)29-22(30)20-9-19(20)16-3-5-17(6-4-16)32-13-23(2)11-31-12-23/h3-8,10,15,19-20H,9,11-14H2,1-2H3,(H,29,30)/t15?,19-,20+/m1/s1. The SMILES string of the molecule is CC(NC(=O)[C@H]1C[C@@H]1c1ccc(OCC2(C)COC2)cc1)c1ccc(OCC(F)(F)F)cn1. The van der Waals surface area contributed by atoms with Gasteiger partial charge in [-0.05, 0) is 49.1 Å². The van der Waals surface area contributed by atoms with Crippen LogP contribution >= 0.6 is 0 Å². The Morgan fingerprint density at radius 3 is 2.45 bits per heavy atom. The van der Waals surface area contributed by atoms with Crippen LogP contribution in [0.4, 0.5) is 13.2 Å². The summed E-state index contributed by atoms with van der Waals surface area (Å²) in [6.45, 7) is 4.59. The number of halogens is 3. The van der Waals surface area contributed by atoms with Crippen LogP contribution in [0.5, 0.6) is 11.5 Å². The molecule has 3 atom stereocenters. The summed E-state index contributed by atoms with van der Waals surface area (Å²) in [6, 6.07) is 10.5. The van der Waals surface area contributed by atoms with Gasteiger partial charge in [0.2, 0.25) is 5.91 Å². The average Bonchev–Trinajstić information content (AvgIpc) is 3.56. The number of hydrogen-bond donors (Lipinski definition) is 1. The molecule has 1 aliphatic heterocycles. The molecule has 2 aliphatic rings. The highest BCUT2D eigenvalue weighted by atomic mass is 19.4. The van der Waals surface area contributed by atoms with Crippen molar-refractivity contribution in [3.05, 3.63) is 53.9 Å². The number of carbonyl (C=O) groups excluding carboxylic acids is 1. The summed E-state index contributed by atoms with van der Waals surface area (Å²) in [5.41, 5.74) is 1.73. The quantitative estimate of drug-likeness (QED) is 0.595. The molecular formula is C24H27F3N2O4. The number of rotatable bonds is 9. The van der Waals surface area contributed by atoms with E-state index in [9.17, 15) is 18.0 Å². The molecule has 1 aliphatic carbocycles. The topological polar surface area (TPSA) is 69.7 Å². The van der Waals surface area contributed by atoms with E-state index in [2.05, 4.69) is 22.0 Å². The minimum atomic E-state index is -4.40. The average molecular weight is 464 g/mol. The largest absolute Gasteiger partial charge is 0.493 e. The van der Waals surface area contributed by atoms with Gasteiger partial charge < -0.3 is 19.5 Å². The molecule has 1 unspecified atom stereocenters. The second-order valence-electron chi connectivity index (χ2n) is 9.16. The maximum atomic E-state index is 12.6. The van der Waals surface area contributed by atoms with E-state index in [4.69, 9.17) is 9.47 Å². The number of aromatic nitrogens is 1. The molecule has 0 radical (unpaired) electrons. The van der Waals surface area contributed by atoms with Crippen molar-refractivity contribution in [2.45, 2.75) is 38.4 Å². The summed E-state index contributed by atoms with van der Waals surface area (Å²) >= 11 is 0. The van der Waals surface area contributed by atoms with Crippen molar-refractivity contribution in [1.29, 1.82) is 0 Å². The van der Waals surface area contributed by atoms with Crippen molar-refractivity contribution in [2.24, 2.45) is 11.3 Å². The summed E-state index contributed by atoms with van der Waals surface area (Å²) in [4.78, 5) is 16.8. The number of alkyl halides is 3. The molecule has 1 saturated carbocycles. The van der Waals surface area contributed by atoms with Gasteiger partial charge in [-0.1, -0.05) is 19.1 Å². The van der Waals surface area contributed by atoms with Gasteiger partial charge in [-0.3, -0.25) is 9.78 Å². The van der Waals surface area contributed by atoms with E-state index in [1.54, 1.807) is 13.0 Å². The molecule has 2 aromatic rings. The fourth-order valence-electron chi connectivity index (χ4n) is 3.75. The van der Waals surface area contributed by atoms with Crippen LogP contribution in [0.25, 0.3) is 0 Å². The van der Waals surface area contributed by atoms with E-state index in [1.165, 1.54) is 12.3 Å². The molecule has 1 aromatic carbocycles. The van der Waals surface area contributed by atoms with Gasteiger partial charge in [0.05, 0.1) is 37.8 Å². The van der Waals surface area contributed by atoms with E-state index in [0.717, 1.165) is 17.7 Å². The molecule has 9 heteroatoms. The molecule has 2 heterocycles. The van der Waals surface area contributed by atoms with Crippen molar-refractivity contribution in [3.8, 4) is 11.5 Å². The third-order valence-corrected chi connectivity index (χ3v) is 5.89. The highest BCUT2D eigenvalue weighted by Crippen LogP contribution is 2.48. The van der Waals surface area contributed by atoms with Crippen LogP contribution in [-0.2, 0) is 9.53 Å². The zero-order valence-electron chi connectivity index (χ0n) is 18.5. The summed E-state index contributed by atoms with van der Waals surface area (Å²) in [7, 11) is 0. The molecule has 33 heavy (non-hydrogen) atoms. The van der Waals surface area contributed by atoms with Gasteiger partial charge in [0.1, 0.15) is 11.5 Å². The number of nitrogens with zero attached hydrogens (tertiary/aromatic N) is 1. The first kappa shape index (κ1) is 23.4. The Hall–Kier alpha value is -2.81. The summed E-state index contributed by atoms with van der Waals surface area (Å²) in [5, 5.41) is 2.94. The monoisotopic (exact) mass is 464 g/mol. The molecular weight excluding hydrogens is 437 g/mol.